The van der Waals surface area contributed by atoms with Gasteiger partial charge in [-0.3, -0.25) is 4.79 Å². The lowest BCUT2D eigenvalue weighted by atomic mass is 10.5. The van der Waals surface area contributed by atoms with Crippen LogP contribution in [0.25, 0.3) is 0 Å². The summed E-state index contributed by atoms with van der Waals surface area (Å²) in [5.74, 6) is 0. The van der Waals surface area contributed by atoms with E-state index in [0.717, 1.165) is 6.41 Å². The molecule has 1 rings (SSSR count). The van der Waals surface area contributed by atoms with E-state index in [0.29, 0.717) is 6.61 Å². The zero-order valence-electron chi connectivity index (χ0n) is 7.44. The van der Waals surface area contributed by atoms with Gasteiger partial charge in [0.25, 0.3) is 0 Å². The monoisotopic (exact) mass is 175 g/mol. The molecule has 1 amide bonds. The van der Waals surface area contributed by atoms with E-state index >= 15 is 0 Å². The first kappa shape index (κ1) is 10.7. The average molecular weight is 175 g/mol. The maximum absolute atomic E-state index is 10.0. The molecule has 0 radical (unpaired) electrons. The second kappa shape index (κ2) is 5.40. The highest BCUT2D eigenvalue weighted by Crippen LogP contribution is 2.02. The predicted molar refractivity (Wildman–Crippen MR) is 41.6 cm³/mol. The van der Waals surface area contributed by atoms with Crippen molar-refractivity contribution in [2.24, 2.45) is 0 Å². The van der Waals surface area contributed by atoms with Crippen LogP contribution >= 0.6 is 0 Å². The highest BCUT2D eigenvalue weighted by Gasteiger charge is 2.19. The summed E-state index contributed by atoms with van der Waals surface area (Å²) in [6.07, 6.45) is 0.153. The molecule has 5 heteroatoms. The smallest absolute Gasteiger partial charge is 0.430 e. The van der Waals surface area contributed by atoms with Crippen LogP contribution in [0.3, 0.4) is 0 Å². The molecule has 1 aliphatic heterocycles. The van der Waals surface area contributed by atoms with E-state index in [-0.39, 0.29) is 6.10 Å². The summed E-state index contributed by atoms with van der Waals surface area (Å²) in [5.41, 5.74) is 0. The molecule has 12 heavy (non-hydrogen) atoms. The number of amides is 1. The first-order valence-corrected chi connectivity index (χ1v) is 3.51. The van der Waals surface area contributed by atoms with E-state index in [9.17, 15) is 9.59 Å². The first-order valence-electron chi connectivity index (χ1n) is 3.51. The maximum atomic E-state index is 10.0. The minimum atomic E-state index is -0.549. The Labute approximate surface area is 71.2 Å². The van der Waals surface area contributed by atoms with Gasteiger partial charge in [0, 0.05) is 14.1 Å². The van der Waals surface area contributed by atoms with Gasteiger partial charge in [0.05, 0.1) is 0 Å². The molecule has 0 N–H and O–H groups in total. The normalized spacial score (nSPS) is 19.9. The molecule has 0 aromatic carbocycles. The summed E-state index contributed by atoms with van der Waals surface area (Å²) in [7, 11) is 3.38. The Kier molecular flexibility index (Phi) is 4.83. The minimum Gasteiger partial charge on any atom is -0.430 e. The summed E-state index contributed by atoms with van der Waals surface area (Å²) < 4.78 is 8.90. The lowest BCUT2D eigenvalue weighted by molar-refractivity contribution is -0.115. The second-order valence-electron chi connectivity index (χ2n) is 2.56. The number of ether oxygens (including phenoxy) is 2. The van der Waals surface area contributed by atoms with Crippen LogP contribution in [0.15, 0.2) is 0 Å². The van der Waals surface area contributed by atoms with Crippen molar-refractivity contribution in [2.45, 2.75) is 13.0 Å². The molecule has 0 saturated carbocycles. The molecular weight excluding hydrogens is 162 g/mol. The molecule has 1 saturated heterocycles. The fraction of sp³-hybridized carbons (Fsp3) is 0.714. The number of carbonyl (C=O) groups is 2. The molecular formula is C7H13NO4. The highest BCUT2D eigenvalue weighted by atomic mass is 16.8. The summed E-state index contributed by atoms with van der Waals surface area (Å²) >= 11 is 0. The van der Waals surface area contributed by atoms with Gasteiger partial charge in [0.2, 0.25) is 6.41 Å². The quantitative estimate of drug-likeness (QED) is 0.423. The Morgan fingerprint density at radius 1 is 1.58 bits per heavy atom. The van der Waals surface area contributed by atoms with Gasteiger partial charge >= 0.3 is 6.16 Å². The molecule has 1 atom stereocenters. The van der Waals surface area contributed by atoms with Gasteiger partial charge in [-0.2, -0.15) is 0 Å². The van der Waals surface area contributed by atoms with Gasteiger partial charge in [-0.25, -0.2) is 4.79 Å². The van der Waals surface area contributed by atoms with Crippen molar-refractivity contribution in [3.05, 3.63) is 0 Å². The van der Waals surface area contributed by atoms with E-state index in [1.807, 2.05) is 0 Å². The Hall–Kier alpha value is -1.26. The molecule has 0 aromatic heterocycles. The van der Waals surface area contributed by atoms with Crippen molar-refractivity contribution in [1.29, 1.82) is 0 Å². The SMILES string of the molecule is CC1COC(=O)O1.CN(C)C=O. The molecule has 0 aliphatic carbocycles. The largest absolute Gasteiger partial charge is 0.508 e. The third kappa shape index (κ3) is 5.52. The Balaban J connectivity index is 0.000000217. The zero-order valence-corrected chi connectivity index (χ0v) is 7.44. The molecule has 5 nitrogen and oxygen atoms in total. The van der Waals surface area contributed by atoms with Crippen LogP contribution in [0, 0.1) is 0 Å². The van der Waals surface area contributed by atoms with Crippen molar-refractivity contribution in [3.63, 3.8) is 0 Å². The van der Waals surface area contributed by atoms with E-state index in [1.54, 1.807) is 21.0 Å². The molecule has 1 fully saturated rings. The summed E-state index contributed by atoms with van der Waals surface area (Å²) in [4.78, 5) is 20.9. The van der Waals surface area contributed by atoms with Crippen LogP contribution in [0.2, 0.25) is 0 Å². The van der Waals surface area contributed by atoms with Crippen molar-refractivity contribution >= 4 is 12.6 Å². The van der Waals surface area contributed by atoms with E-state index < -0.39 is 6.16 Å². The van der Waals surface area contributed by atoms with Gasteiger partial charge in [-0.15, -0.1) is 0 Å². The summed E-state index contributed by atoms with van der Waals surface area (Å²) in [6, 6.07) is 0. The maximum Gasteiger partial charge on any atom is 0.508 e. The molecule has 0 aromatic rings. The van der Waals surface area contributed by atoms with E-state index in [2.05, 4.69) is 9.47 Å². The van der Waals surface area contributed by atoms with Gasteiger partial charge < -0.3 is 14.4 Å². The number of carbonyl (C=O) groups excluding carboxylic acids is 2. The van der Waals surface area contributed by atoms with Crippen LogP contribution in [0.4, 0.5) is 4.79 Å². The molecule has 1 heterocycles. The van der Waals surface area contributed by atoms with Crippen LogP contribution < -0.4 is 0 Å². The topological polar surface area (TPSA) is 55.8 Å². The standard InChI is InChI=1S/C4H6O3.C3H7NO/c1-3-2-6-4(5)7-3;1-4(2)3-5/h3H,2H2,1H3;3H,1-2H3. The van der Waals surface area contributed by atoms with Crippen LogP contribution in [-0.2, 0) is 14.3 Å². The highest BCUT2D eigenvalue weighted by molar-refractivity contribution is 5.61. The predicted octanol–water partition coefficient (Wildman–Crippen LogP) is 0.246. The van der Waals surface area contributed by atoms with E-state index in [1.165, 1.54) is 4.90 Å². The fourth-order valence-electron chi connectivity index (χ4n) is 0.418. The molecule has 1 aliphatic rings. The number of hydrogen-bond acceptors (Lipinski definition) is 4. The molecule has 1 unspecified atom stereocenters. The average Bonchev–Trinajstić information content (AvgIpc) is 2.36. The van der Waals surface area contributed by atoms with Gasteiger partial charge in [-0.1, -0.05) is 0 Å². The molecule has 0 bridgehead atoms. The zero-order chi connectivity index (χ0) is 9.56. The molecule has 0 spiro atoms. The Bertz CT molecular complexity index is 157. The number of cyclic esters (lactones) is 2. The third-order valence-corrected chi connectivity index (χ3v) is 0.944. The number of rotatable bonds is 1. The van der Waals surface area contributed by atoms with Crippen molar-refractivity contribution in [3.8, 4) is 0 Å². The van der Waals surface area contributed by atoms with Gasteiger partial charge in [-0.05, 0) is 6.92 Å². The van der Waals surface area contributed by atoms with Crippen molar-refractivity contribution in [2.75, 3.05) is 20.7 Å². The summed E-state index contributed by atoms with van der Waals surface area (Å²) in [5, 5.41) is 0. The fourth-order valence-corrected chi connectivity index (χ4v) is 0.418. The van der Waals surface area contributed by atoms with Crippen LogP contribution in [-0.4, -0.2) is 44.3 Å². The number of nitrogens with zero attached hydrogens (tertiary/aromatic N) is 1. The Morgan fingerprint density at radius 3 is 2.17 bits per heavy atom. The number of hydrogen-bond donors (Lipinski definition) is 0. The van der Waals surface area contributed by atoms with Crippen LogP contribution in [0.1, 0.15) is 6.92 Å². The summed E-state index contributed by atoms with van der Waals surface area (Å²) in [6.45, 7) is 2.18. The van der Waals surface area contributed by atoms with Crippen molar-refractivity contribution in [1.82, 2.24) is 4.90 Å². The lowest BCUT2D eigenvalue weighted by Gasteiger charge is -1.93. The first-order chi connectivity index (χ1) is 5.56. The lowest BCUT2D eigenvalue weighted by Crippen LogP contribution is -2.06. The Morgan fingerprint density at radius 2 is 2.08 bits per heavy atom. The van der Waals surface area contributed by atoms with Gasteiger partial charge in [0.1, 0.15) is 12.7 Å². The molecule has 70 valence electrons. The third-order valence-electron chi connectivity index (χ3n) is 0.944. The van der Waals surface area contributed by atoms with Crippen LogP contribution in [0.5, 0.6) is 0 Å². The van der Waals surface area contributed by atoms with Crippen molar-refractivity contribution < 1.29 is 19.1 Å². The second-order valence-corrected chi connectivity index (χ2v) is 2.56. The van der Waals surface area contributed by atoms with Gasteiger partial charge in [0.15, 0.2) is 0 Å². The van der Waals surface area contributed by atoms with E-state index in [4.69, 9.17) is 0 Å². The minimum absolute atomic E-state index is 0.0486.